The molecule has 1 N–H and O–H groups in total. The second kappa shape index (κ2) is 7.56. The van der Waals surface area contributed by atoms with Crippen LogP contribution < -0.4 is 4.72 Å². The van der Waals surface area contributed by atoms with Crippen molar-refractivity contribution in [1.29, 1.82) is 0 Å². The Bertz CT molecular complexity index is 1130. The summed E-state index contributed by atoms with van der Waals surface area (Å²) in [6.07, 6.45) is 1.31. The van der Waals surface area contributed by atoms with Crippen molar-refractivity contribution >= 4 is 33.6 Å². The number of aliphatic imine (C=N–C) groups is 1. The average molecular weight is 401 g/mol. The van der Waals surface area contributed by atoms with Crippen LogP contribution in [0.25, 0.3) is 0 Å². The van der Waals surface area contributed by atoms with Gasteiger partial charge in [0.2, 0.25) is 0 Å². The van der Waals surface area contributed by atoms with Crippen molar-refractivity contribution in [2.45, 2.75) is 18.7 Å². The van der Waals surface area contributed by atoms with Gasteiger partial charge >= 0.3 is 5.88 Å². The SMILES string of the molecule is Cc1cc(NS(=O)(=O)c2ccc(N=Cc3ccc([N+](=O)[O-])o3)cc2)nc(C)n1. The van der Waals surface area contributed by atoms with Gasteiger partial charge in [-0.2, -0.15) is 0 Å². The van der Waals surface area contributed by atoms with E-state index in [0.717, 1.165) is 0 Å². The Morgan fingerprint density at radius 2 is 1.86 bits per heavy atom. The molecule has 144 valence electrons. The van der Waals surface area contributed by atoms with Crippen molar-refractivity contribution in [3.63, 3.8) is 0 Å². The second-order valence-corrected chi connectivity index (χ2v) is 7.41. The number of nitrogens with one attached hydrogen (secondary N) is 1. The van der Waals surface area contributed by atoms with E-state index < -0.39 is 14.9 Å². The van der Waals surface area contributed by atoms with E-state index in [2.05, 4.69) is 19.7 Å². The van der Waals surface area contributed by atoms with Gasteiger partial charge in [-0.1, -0.05) is 0 Å². The number of furan rings is 1. The normalized spacial score (nSPS) is 11.6. The van der Waals surface area contributed by atoms with Gasteiger partial charge in [-0.15, -0.1) is 0 Å². The minimum absolute atomic E-state index is 0.0361. The first-order chi connectivity index (χ1) is 13.2. The molecule has 0 atom stereocenters. The molecule has 0 saturated heterocycles. The molecule has 10 nitrogen and oxygen atoms in total. The Morgan fingerprint density at radius 3 is 2.46 bits per heavy atom. The first kappa shape index (κ1) is 19.2. The monoisotopic (exact) mass is 401 g/mol. The van der Waals surface area contributed by atoms with Crippen LogP contribution in [0.2, 0.25) is 0 Å². The zero-order chi connectivity index (χ0) is 20.3. The highest BCUT2D eigenvalue weighted by atomic mass is 32.2. The highest BCUT2D eigenvalue weighted by Crippen LogP contribution is 2.20. The van der Waals surface area contributed by atoms with Crippen LogP contribution in [-0.2, 0) is 10.0 Å². The first-order valence-electron chi connectivity index (χ1n) is 7.96. The number of rotatable bonds is 6. The van der Waals surface area contributed by atoms with Crippen molar-refractivity contribution < 1.29 is 17.8 Å². The summed E-state index contributed by atoms with van der Waals surface area (Å²) in [5.74, 6) is 0.468. The van der Waals surface area contributed by atoms with E-state index in [1.807, 2.05) is 0 Å². The van der Waals surface area contributed by atoms with E-state index >= 15 is 0 Å². The van der Waals surface area contributed by atoms with Crippen molar-refractivity contribution in [1.82, 2.24) is 9.97 Å². The highest BCUT2D eigenvalue weighted by Gasteiger charge is 2.15. The number of nitro groups is 1. The lowest BCUT2D eigenvalue weighted by atomic mass is 10.3. The fraction of sp³-hybridized carbons (Fsp3) is 0.118. The molecule has 0 unspecified atom stereocenters. The lowest BCUT2D eigenvalue weighted by Crippen LogP contribution is -2.14. The zero-order valence-electron chi connectivity index (χ0n) is 14.9. The van der Waals surface area contributed by atoms with E-state index in [0.29, 0.717) is 17.2 Å². The molecular formula is C17H15N5O5S. The van der Waals surface area contributed by atoms with E-state index in [1.54, 1.807) is 13.8 Å². The van der Waals surface area contributed by atoms with Crippen LogP contribution >= 0.6 is 0 Å². The molecule has 0 fully saturated rings. The van der Waals surface area contributed by atoms with E-state index in [4.69, 9.17) is 4.42 Å². The molecule has 28 heavy (non-hydrogen) atoms. The molecule has 0 spiro atoms. The van der Waals surface area contributed by atoms with Crippen molar-refractivity contribution in [2.24, 2.45) is 4.99 Å². The zero-order valence-corrected chi connectivity index (χ0v) is 15.7. The molecule has 1 aromatic carbocycles. The number of aromatic nitrogens is 2. The first-order valence-corrected chi connectivity index (χ1v) is 9.45. The standard InChI is InChI=1S/C17H15N5O5S/c1-11-9-16(20-12(2)19-11)21-28(25,26)15-6-3-13(4-7-15)18-10-14-5-8-17(27-14)22(23)24/h3-10H,1-2H3,(H,19,20,21). The summed E-state index contributed by atoms with van der Waals surface area (Å²) in [5.41, 5.74) is 1.10. The molecule has 0 bridgehead atoms. The van der Waals surface area contributed by atoms with Gasteiger partial charge in [0.25, 0.3) is 10.0 Å². The fourth-order valence-electron chi connectivity index (χ4n) is 2.33. The Balaban J connectivity index is 1.75. The quantitative estimate of drug-likeness (QED) is 0.380. The van der Waals surface area contributed by atoms with Gasteiger partial charge in [-0.3, -0.25) is 19.8 Å². The van der Waals surface area contributed by atoms with Crippen molar-refractivity contribution in [3.8, 4) is 0 Å². The topological polar surface area (TPSA) is 141 Å². The third kappa shape index (κ3) is 4.57. The van der Waals surface area contributed by atoms with Crippen molar-refractivity contribution in [2.75, 3.05) is 4.72 Å². The summed E-state index contributed by atoms with van der Waals surface area (Å²) >= 11 is 0. The number of hydrogen-bond donors (Lipinski definition) is 1. The summed E-state index contributed by atoms with van der Waals surface area (Å²) in [5, 5.41) is 10.6. The number of benzene rings is 1. The summed E-state index contributed by atoms with van der Waals surface area (Å²) in [6, 6.07) is 9.94. The fourth-order valence-corrected chi connectivity index (χ4v) is 3.32. The predicted octanol–water partition coefficient (Wildman–Crippen LogP) is 3.15. The number of hydrogen-bond acceptors (Lipinski definition) is 8. The minimum atomic E-state index is -3.82. The van der Waals surface area contributed by atoms with Gasteiger partial charge in [0.05, 0.1) is 22.9 Å². The molecular weight excluding hydrogens is 386 g/mol. The smallest absolute Gasteiger partial charge is 0.400 e. The Morgan fingerprint density at radius 1 is 1.14 bits per heavy atom. The van der Waals surface area contributed by atoms with Crippen LogP contribution in [0.1, 0.15) is 17.3 Å². The van der Waals surface area contributed by atoms with Gasteiger partial charge in [0, 0.05) is 11.8 Å². The molecule has 0 amide bonds. The minimum Gasteiger partial charge on any atom is -0.400 e. The molecule has 11 heteroatoms. The Labute approximate surface area is 160 Å². The van der Waals surface area contributed by atoms with E-state index in [1.165, 1.54) is 48.7 Å². The molecule has 0 aliphatic heterocycles. The van der Waals surface area contributed by atoms with Gasteiger partial charge < -0.3 is 4.42 Å². The summed E-state index contributed by atoms with van der Waals surface area (Å²) in [6.45, 7) is 3.41. The number of sulfonamides is 1. The second-order valence-electron chi connectivity index (χ2n) is 5.73. The third-order valence-corrected chi connectivity index (χ3v) is 4.86. The third-order valence-electron chi connectivity index (χ3n) is 3.49. The summed E-state index contributed by atoms with van der Waals surface area (Å²) < 4.78 is 32.4. The Kier molecular flexibility index (Phi) is 5.18. The molecule has 0 aliphatic carbocycles. The molecule has 0 aliphatic rings. The van der Waals surface area contributed by atoms with E-state index in [9.17, 15) is 18.5 Å². The van der Waals surface area contributed by atoms with Crippen LogP contribution in [0.4, 0.5) is 17.4 Å². The van der Waals surface area contributed by atoms with Gasteiger partial charge in [0.15, 0.2) is 5.76 Å². The van der Waals surface area contributed by atoms with Gasteiger partial charge in [0.1, 0.15) is 16.6 Å². The largest absolute Gasteiger partial charge is 0.433 e. The summed E-state index contributed by atoms with van der Waals surface area (Å²) in [4.78, 5) is 22.2. The van der Waals surface area contributed by atoms with E-state index in [-0.39, 0.29) is 22.4 Å². The Hall–Kier alpha value is -3.60. The van der Waals surface area contributed by atoms with Crippen molar-refractivity contribution in [3.05, 3.63) is 69.9 Å². The van der Waals surface area contributed by atoms with Crippen LogP contribution in [0.15, 0.2) is 56.8 Å². The van der Waals surface area contributed by atoms with Crippen LogP contribution in [-0.4, -0.2) is 29.5 Å². The van der Waals surface area contributed by atoms with Crippen LogP contribution in [0.3, 0.4) is 0 Å². The maximum absolute atomic E-state index is 12.5. The molecule has 3 rings (SSSR count). The summed E-state index contributed by atoms with van der Waals surface area (Å²) in [7, 11) is -3.82. The maximum Gasteiger partial charge on any atom is 0.433 e. The number of anilines is 1. The molecule has 2 aromatic heterocycles. The molecule has 0 saturated carbocycles. The maximum atomic E-state index is 12.5. The number of aryl methyl sites for hydroxylation is 2. The lowest BCUT2D eigenvalue weighted by molar-refractivity contribution is -0.402. The van der Waals surface area contributed by atoms with Gasteiger partial charge in [-0.05, 0) is 44.2 Å². The molecule has 0 radical (unpaired) electrons. The molecule has 2 heterocycles. The average Bonchev–Trinajstić information content (AvgIpc) is 3.08. The van der Waals surface area contributed by atoms with Crippen LogP contribution in [0.5, 0.6) is 0 Å². The predicted molar refractivity (Wildman–Crippen MR) is 101 cm³/mol. The molecule has 3 aromatic rings. The highest BCUT2D eigenvalue weighted by molar-refractivity contribution is 7.92. The van der Waals surface area contributed by atoms with Crippen LogP contribution in [0, 0.1) is 24.0 Å². The van der Waals surface area contributed by atoms with Gasteiger partial charge in [-0.25, -0.2) is 18.4 Å². The lowest BCUT2D eigenvalue weighted by Gasteiger charge is -2.08. The number of nitrogens with zero attached hydrogens (tertiary/aromatic N) is 4.